The van der Waals surface area contributed by atoms with Gasteiger partial charge in [-0.25, -0.2) is 0 Å². The van der Waals surface area contributed by atoms with Gasteiger partial charge in [0.2, 0.25) is 0 Å². The van der Waals surface area contributed by atoms with Crippen LogP contribution in [0.5, 0.6) is 0 Å². The Hall–Kier alpha value is -2.86. The number of hydrogen-bond donors (Lipinski definition) is 1. The molecule has 0 amide bonds. The fraction of sp³-hybridized carbons (Fsp3) is 0.111. The van der Waals surface area contributed by atoms with Crippen LogP contribution in [-0.2, 0) is 13.0 Å². The van der Waals surface area contributed by atoms with Crippen LogP contribution in [0.25, 0.3) is 10.8 Å². The second-order valence-electron chi connectivity index (χ2n) is 4.90. The number of rotatable bonds is 4. The Morgan fingerprint density at radius 3 is 2.71 bits per heavy atom. The topological polar surface area (TPSA) is 48.7 Å². The lowest BCUT2D eigenvalue weighted by molar-refractivity contribution is 1.16. The van der Waals surface area contributed by atoms with Crippen LogP contribution in [0.15, 0.2) is 60.9 Å². The second kappa shape index (κ2) is 6.06. The van der Waals surface area contributed by atoms with Gasteiger partial charge in [-0.15, -0.1) is 0 Å². The number of pyridine rings is 1. The van der Waals surface area contributed by atoms with Crippen molar-refractivity contribution in [3.05, 3.63) is 72.1 Å². The van der Waals surface area contributed by atoms with Crippen molar-refractivity contribution >= 4 is 16.5 Å². The number of benzene rings is 2. The molecule has 0 atom stereocenters. The van der Waals surface area contributed by atoms with Gasteiger partial charge in [-0.2, -0.15) is 5.26 Å². The predicted octanol–water partition coefficient (Wildman–Crippen LogP) is 3.91. The van der Waals surface area contributed by atoms with Gasteiger partial charge in [0, 0.05) is 30.0 Å². The molecule has 1 aromatic heterocycles. The van der Waals surface area contributed by atoms with E-state index in [1.807, 2.05) is 42.7 Å². The normalized spacial score (nSPS) is 10.2. The summed E-state index contributed by atoms with van der Waals surface area (Å²) in [7, 11) is 0. The SMILES string of the molecule is N#CCc1ccc(NCc2cccc3cnccc23)cc1. The van der Waals surface area contributed by atoms with Crippen LogP contribution in [0.3, 0.4) is 0 Å². The average Bonchev–Trinajstić information content (AvgIpc) is 2.54. The highest BCUT2D eigenvalue weighted by Gasteiger charge is 2.01. The second-order valence-corrected chi connectivity index (χ2v) is 4.90. The molecule has 102 valence electrons. The third-order valence-corrected chi connectivity index (χ3v) is 3.49. The Morgan fingerprint density at radius 1 is 1.05 bits per heavy atom. The molecular weight excluding hydrogens is 258 g/mol. The van der Waals surface area contributed by atoms with Gasteiger partial charge in [-0.3, -0.25) is 4.98 Å². The van der Waals surface area contributed by atoms with E-state index in [9.17, 15) is 0 Å². The molecule has 3 heteroatoms. The van der Waals surface area contributed by atoms with Gasteiger partial charge in [0.15, 0.2) is 0 Å². The third kappa shape index (κ3) is 3.01. The minimum atomic E-state index is 0.455. The molecule has 3 nitrogen and oxygen atoms in total. The fourth-order valence-corrected chi connectivity index (χ4v) is 2.37. The van der Waals surface area contributed by atoms with Gasteiger partial charge in [0.25, 0.3) is 0 Å². The van der Waals surface area contributed by atoms with Crippen molar-refractivity contribution in [3.63, 3.8) is 0 Å². The van der Waals surface area contributed by atoms with Crippen molar-refractivity contribution < 1.29 is 0 Å². The largest absolute Gasteiger partial charge is 0.381 e. The number of hydrogen-bond acceptors (Lipinski definition) is 3. The lowest BCUT2D eigenvalue weighted by Crippen LogP contribution is -2.00. The first-order valence-corrected chi connectivity index (χ1v) is 6.88. The highest BCUT2D eigenvalue weighted by atomic mass is 14.9. The first-order valence-electron chi connectivity index (χ1n) is 6.88. The molecule has 1 heterocycles. The first kappa shape index (κ1) is 13.1. The van der Waals surface area contributed by atoms with Crippen molar-refractivity contribution in [2.75, 3.05) is 5.32 Å². The van der Waals surface area contributed by atoms with Crippen LogP contribution in [0.4, 0.5) is 5.69 Å². The van der Waals surface area contributed by atoms with Crippen LogP contribution in [0.1, 0.15) is 11.1 Å². The van der Waals surface area contributed by atoms with Crippen LogP contribution in [0, 0.1) is 11.3 Å². The molecule has 21 heavy (non-hydrogen) atoms. The molecule has 0 spiro atoms. The summed E-state index contributed by atoms with van der Waals surface area (Å²) in [6, 6.07) is 18.4. The van der Waals surface area contributed by atoms with Crippen molar-refractivity contribution in [2.45, 2.75) is 13.0 Å². The van der Waals surface area contributed by atoms with Gasteiger partial charge in [0.1, 0.15) is 0 Å². The monoisotopic (exact) mass is 273 g/mol. The van der Waals surface area contributed by atoms with Crippen molar-refractivity contribution in [2.24, 2.45) is 0 Å². The Kier molecular flexibility index (Phi) is 3.79. The van der Waals surface area contributed by atoms with Gasteiger partial charge in [-0.1, -0.05) is 30.3 Å². The predicted molar refractivity (Wildman–Crippen MR) is 84.8 cm³/mol. The zero-order chi connectivity index (χ0) is 14.5. The summed E-state index contributed by atoms with van der Waals surface area (Å²) < 4.78 is 0. The molecule has 0 unspecified atom stereocenters. The van der Waals surface area contributed by atoms with E-state index in [1.54, 1.807) is 0 Å². The summed E-state index contributed by atoms with van der Waals surface area (Å²) in [4.78, 5) is 4.15. The zero-order valence-corrected chi connectivity index (χ0v) is 11.6. The van der Waals surface area contributed by atoms with Crippen LogP contribution in [0.2, 0.25) is 0 Å². The van der Waals surface area contributed by atoms with E-state index in [-0.39, 0.29) is 0 Å². The molecule has 0 fully saturated rings. The number of nitriles is 1. The number of nitrogens with zero attached hydrogens (tertiary/aromatic N) is 2. The molecule has 0 saturated carbocycles. The summed E-state index contributed by atoms with van der Waals surface area (Å²) in [6.45, 7) is 0.763. The van der Waals surface area contributed by atoms with Gasteiger partial charge in [0.05, 0.1) is 12.5 Å². The van der Waals surface area contributed by atoms with Crippen molar-refractivity contribution in [1.29, 1.82) is 5.26 Å². The molecule has 0 bridgehead atoms. The first-order chi connectivity index (χ1) is 10.4. The fourth-order valence-electron chi connectivity index (χ4n) is 2.37. The number of anilines is 1. The smallest absolute Gasteiger partial charge is 0.0669 e. The average molecular weight is 273 g/mol. The molecule has 2 aromatic carbocycles. The molecule has 0 saturated heterocycles. The maximum atomic E-state index is 8.67. The van der Waals surface area contributed by atoms with Gasteiger partial charge < -0.3 is 5.32 Å². The summed E-state index contributed by atoms with van der Waals surface area (Å²) >= 11 is 0. The molecule has 0 aliphatic rings. The Bertz CT molecular complexity index is 780. The van der Waals surface area contributed by atoms with Gasteiger partial charge >= 0.3 is 0 Å². The highest BCUT2D eigenvalue weighted by Crippen LogP contribution is 2.19. The summed E-state index contributed by atoms with van der Waals surface area (Å²) in [5.74, 6) is 0. The molecule has 1 N–H and O–H groups in total. The van der Waals surface area contributed by atoms with Crippen molar-refractivity contribution in [1.82, 2.24) is 4.98 Å². The maximum Gasteiger partial charge on any atom is 0.0669 e. The summed E-state index contributed by atoms with van der Waals surface area (Å²) in [6.07, 6.45) is 4.16. The van der Waals surface area contributed by atoms with Crippen LogP contribution >= 0.6 is 0 Å². The quantitative estimate of drug-likeness (QED) is 0.784. The summed E-state index contributed by atoms with van der Waals surface area (Å²) in [5.41, 5.74) is 3.35. The lowest BCUT2D eigenvalue weighted by atomic mass is 10.1. The van der Waals surface area contributed by atoms with E-state index in [4.69, 9.17) is 5.26 Å². The van der Waals surface area contributed by atoms with E-state index >= 15 is 0 Å². The Morgan fingerprint density at radius 2 is 1.90 bits per heavy atom. The number of fused-ring (bicyclic) bond motifs is 1. The zero-order valence-electron chi connectivity index (χ0n) is 11.6. The number of aromatic nitrogens is 1. The molecule has 0 aliphatic heterocycles. The minimum Gasteiger partial charge on any atom is -0.381 e. The van der Waals surface area contributed by atoms with Gasteiger partial charge in [-0.05, 0) is 34.7 Å². The van der Waals surface area contributed by atoms with E-state index < -0.39 is 0 Å². The summed E-state index contributed by atoms with van der Waals surface area (Å²) in [5, 5.41) is 14.5. The molecular formula is C18H15N3. The molecule has 0 aliphatic carbocycles. The van der Waals surface area contributed by atoms with E-state index in [0.29, 0.717) is 6.42 Å². The minimum absolute atomic E-state index is 0.455. The molecule has 3 rings (SSSR count). The van der Waals surface area contributed by atoms with Crippen LogP contribution in [-0.4, -0.2) is 4.98 Å². The maximum absolute atomic E-state index is 8.67. The molecule has 0 radical (unpaired) electrons. The number of nitrogens with one attached hydrogen (secondary N) is 1. The Labute approximate surface area is 123 Å². The Balaban J connectivity index is 1.76. The highest BCUT2D eigenvalue weighted by molar-refractivity contribution is 5.84. The lowest BCUT2D eigenvalue weighted by Gasteiger charge is -2.09. The van der Waals surface area contributed by atoms with Crippen molar-refractivity contribution in [3.8, 4) is 6.07 Å². The third-order valence-electron chi connectivity index (χ3n) is 3.49. The van der Waals surface area contributed by atoms with E-state index in [0.717, 1.165) is 23.2 Å². The van der Waals surface area contributed by atoms with E-state index in [2.05, 4.69) is 34.6 Å². The molecule has 3 aromatic rings. The van der Waals surface area contributed by atoms with Crippen LogP contribution < -0.4 is 5.32 Å². The standard InChI is InChI=1S/C18H15N3/c19-10-8-14-4-6-17(7-5-14)21-13-16-3-1-2-15-12-20-11-9-18(15)16/h1-7,9,11-12,21H,8,13H2. The van der Waals surface area contributed by atoms with E-state index in [1.165, 1.54) is 10.9 Å².